The molecule has 0 aromatic heterocycles. The Morgan fingerprint density at radius 3 is 2.35 bits per heavy atom. The van der Waals surface area contributed by atoms with E-state index in [-0.39, 0.29) is 17.3 Å². The minimum absolute atomic E-state index is 0.136. The van der Waals surface area contributed by atoms with Gasteiger partial charge in [-0.15, -0.1) is 0 Å². The molecule has 1 aromatic carbocycles. The van der Waals surface area contributed by atoms with Crippen molar-refractivity contribution in [2.45, 2.75) is 58.1 Å². The smallest absolute Gasteiger partial charge is 0.205 e. The van der Waals surface area contributed by atoms with Gasteiger partial charge in [0, 0.05) is 11.8 Å². The van der Waals surface area contributed by atoms with Gasteiger partial charge in [-0.2, -0.15) is 5.26 Å². The van der Waals surface area contributed by atoms with Gasteiger partial charge in [-0.25, -0.2) is 8.42 Å². The van der Waals surface area contributed by atoms with E-state index < -0.39 is 20.3 Å². The molecule has 26 heavy (non-hydrogen) atoms. The van der Waals surface area contributed by atoms with Crippen LogP contribution in [0.25, 0.3) is 0 Å². The van der Waals surface area contributed by atoms with Crippen LogP contribution in [-0.2, 0) is 9.84 Å². The molecule has 0 saturated heterocycles. The lowest BCUT2D eigenvalue weighted by Crippen LogP contribution is -2.39. The molecule has 1 aromatic rings. The normalized spacial score (nSPS) is 15.3. The van der Waals surface area contributed by atoms with Crippen molar-refractivity contribution in [3.63, 3.8) is 0 Å². The van der Waals surface area contributed by atoms with Crippen molar-refractivity contribution in [2.24, 2.45) is 10.4 Å². The summed E-state index contributed by atoms with van der Waals surface area (Å²) in [4.78, 5) is 4.58. The van der Waals surface area contributed by atoms with E-state index >= 15 is 0 Å². The minimum atomic E-state index is -3.70. The molecule has 0 heterocycles. The summed E-state index contributed by atoms with van der Waals surface area (Å²) < 4.78 is 30.6. The first kappa shape index (κ1) is 22.0. The Morgan fingerprint density at radius 2 is 1.88 bits per heavy atom. The number of nitrogens with zero attached hydrogens (tertiary/aromatic N) is 2. The Balaban J connectivity index is 3.43. The number of methoxy groups -OCH3 is 1. The van der Waals surface area contributed by atoms with Gasteiger partial charge in [0.15, 0.2) is 9.84 Å². The van der Waals surface area contributed by atoms with Gasteiger partial charge < -0.3 is 10.1 Å². The van der Waals surface area contributed by atoms with Gasteiger partial charge in [-0.3, -0.25) is 4.99 Å². The molecule has 0 spiro atoms. The Morgan fingerprint density at radius 1 is 1.27 bits per heavy atom. The van der Waals surface area contributed by atoms with Crippen molar-refractivity contribution in [2.75, 3.05) is 12.4 Å². The molecule has 144 valence electrons. The zero-order valence-electron chi connectivity index (χ0n) is 16.6. The van der Waals surface area contributed by atoms with Gasteiger partial charge in [0.2, 0.25) is 5.25 Å². The molecular weight excluding hydrogens is 350 g/mol. The van der Waals surface area contributed by atoms with Crippen LogP contribution in [0.1, 0.15) is 41.5 Å². The fourth-order valence-corrected chi connectivity index (χ4v) is 3.10. The number of benzene rings is 1. The van der Waals surface area contributed by atoms with Crippen LogP contribution in [0.4, 0.5) is 5.69 Å². The van der Waals surface area contributed by atoms with Crippen molar-refractivity contribution in [1.82, 2.24) is 0 Å². The molecule has 0 aliphatic heterocycles. The zero-order chi connectivity index (χ0) is 20.1. The van der Waals surface area contributed by atoms with Gasteiger partial charge in [0.25, 0.3) is 0 Å². The second-order valence-corrected chi connectivity index (χ2v) is 10.2. The van der Waals surface area contributed by atoms with Gasteiger partial charge in [-0.05, 0) is 38.3 Å². The van der Waals surface area contributed by atoms with E-state index in [1.165, 1.54) is 0 Å². The van der Waals surface area contributed by atoms with E-state index in [2.05, 4.69) is 10.3 Å². The first-order chi connectivity index (χ1) is 11.9. The van der Waals surface area contributed by atoms with E-state index in [0.29, 0.717) is 11.4 Å². The Kier molecular flexibility index (Phi) is 7.22. The molecular formula is C19H29N3O3S. The molecule has 6 nitrogen and oxygen atoms in total. The Labute approximate surface area is 157 Å². The molecule has 1 N–H and O–H groups in total. The number of sulfone groups is 1. The van der Waals surface area contributed by atoms with Crippen LogP contribution in [0.2, 0.25) is 0 Å². The minimum Gasteiger partial charge on any atom is -0.497 e. The van der Waals surface area contributed by atoms with Crippen molar-refractivity contribution in [3.8, 4) is 11.8 Å². The summed E-state index contributed by atoms with van der Waals surface area (Å²) in [6.45, 7) is 11.1. The fraction of sp³-hybridized carbons (Fsp3) is 0.579. The average molecular weight is 380 g/mol. The molecule has 0 fully saturated rings. The fourth-order valence-electron chi connectivity index (χ4n) is 1.98. The molecule has 0 amide bonds. The van der Waals surface area contributed by atoms with Crippen molar-refractivity contribution >= 4 is 21.4 Å². The summed E-state index contributed by atoms with van der Waals surface area (Å²) in [6.07, 6.45) is 0. The topological polar surface area (TPSA) is 91.5 Å². The molecule has 7 heteroatoms. The second kappa shape index (κ2) is 8.54. The maximum Gasteiger partial charge on any atom is 0.205 e. The third-order valence-electron chi connectivity index (χ3n) is 4.28. The lowest BCUT2D eigenvalue weighted by Gasteiger charge is -2.26. The maximum absolute atomic E-state index is 12.7. The summed E-state index contributed by atoms with van der Waals surface area (Å²) >= 11 is 0. The molecule has 0 aliphatic rings. The number of hydrogen-bond donors (Lipinski definition) is 1. The molecule has 0 saturated carbocycles. The number of hydrogen-bond acceptors (Lipinski definition) is 5. The van der Waals surface area contributed by atoms with Crippen LogP contribution in [-0.4, -0.2) is 37.9 Å². The lowest BCUT2D eigenvalue weighted by molar-refractivity contribution is 0.341. The number of anilines is 1. The SMILES string of the molecule is COc1cccc(NC(=NC(C)C(C)(C)C)C(C#N)S(=O)(=O)C(C)C)c1. The van der Waals surface area contributed by atoms with E-state index in [1.807, 2.05) is 33.8 Å². The number of rotatable bonds is 6. The first-order valence-electron chi connectivity index (χ1n) is 8.54. The monoisotopic (exact) mass is 379 g/mol. The van der Waals surface area contributed by atoms with E-state index in [1.54, 1.807) is 45.2 Å². The van der Waals surface area contributed by atoms with Gasteiger partial charge in [0.1, 0.15) is 11.6 Å². The highest BCUT2D eigenvalue weighted by molar-refractivity contribution is 7.93. The molecule has 0 bridgehead atoms. The number of nitrogens with one attached hydrogen (secondary N) is 1. The van der Waals surface area contributed by atoms with Gasteiger partial charge in [0.05, 0.1) is 24.5 Å². The lowest BCUT2D eigenvalue weighted by atomic mass is 9.88. The number of aliphatic imine (C=N–C) groups is 1. The number of ether oxygens (including phenoxy) is 1. The van der Waals surface area contributed by atoms with E-state index in [4.69, 9.17) is 4.74 Å². The predicted octanol–water partition coefficient (Wildman–Crippen LogP) is 3.66. The summed E-state index contributed by atoms with van der Waals surface area (Å²) in [5, 5.41) is 10.6. The molecule has 1 rings (SSSR count). The summed E-state index contributed by atoms with van der Waals surface area (Å²) in [7, 11) is -2.15. The average Bonchev–Trinajstić information content (AvgIpc) is 2.54. The van der Waals surface area contributed by atoms with E-state index in [0.717, 1.165) is 0 Å². The van der Waals surface area contributed by atoms with Crippen molar-refractivity contribution in [1.29, 1.82) is 5.26 Å². The third-order valence-corrected chi connectivity index (χ3v) is 6.58. The highest BCUT2D eigenvalue weighted by Gasteiger charge is 2.34. The van der Waals surface area contributed by atoms with Crippen LogP contribution in [0.15, 0.2) is 29.3 Å². The summed E-state index contributed by atoms with van der Waals surface area (Å²) in [5.41, 5.74) is 0.437. The van der Waals surface area contributed by atoms with Gasteiger partial charge in [-0.1, -0.05) is 26.8 Å². The predicted molar refractivity (Wildman–Crippen MR) is 106 cm³/mol. The molecule has 2 unspecified atom stereocenters. The maximum atomic E-state index is 12.7. The van der Waals surface area contributed by atoms with E-state index in [9.17, 15) is 13.7 Å². The first-order valence-corrected chi connectivity index (χ1v) is 10.2. The van der Waals surface area contributed by atoms with Gasteiger partial charge >= 0.3 is 0 Å². The largest absolute Gasteiger partial charge is 0.497 e. The molecule has 0 radical (unpaired) electrons. The third kappa shape index (κ3) is 5.46. The van der Waals surface area contributed by atoms with Crippen LogP contribution in [0, 0.1) is 16.7 Å². The van der Waals surface area contributed by atoms with Crippen LogP contribution in [0.5, 0.6) is 5.75 Å². The second-order valence-electron chi connectivity index (χ2n) is 7.56. The summed E-state index contributed by atoms with van der Waals surface area (Å²) in [5.74, 6) is 0.760. The highest BCUT2D eigenvalue weighted by Crippen LogP contribution is 2.24. The summed E-state index contributed by atoms with van der Waals surface area (Å²) in [6, 6.07) is 8.80. The van der Waals surface area contributed by atoms with Crippen molar-refractivity contribution in [3.05, 3.63) is 24.3 Å². The number of nitriles is 1. The molecule has 0 aliphatic carbocycles. The van der Waals surface area contributed by atoms with Crippen LogP contribution in [0.3, 0.4) is 0 Å². The van der Waals surface area contributed by atoms with Crippen LogP contribution >= 0.6 is 0 Å². The zero-order valence-corrected chi connectivity index (χ0v) is 17.4. The number of amidine groups is 1. The highest BCUT2D eigenvalue weighted by atomic mass is 32.2. The quantitative estimate of drug-likeness (QED) is 0.601. The standard InChI is InChI=1S/C19H29N3O3S/c1-13(2)26(23,24)17(12-20)18(21-14(3)19(4,5)6)22-15-9-8-10-16(11-15)25-7/h8-11,13-14,17H,1-7H3,(H,21,22). The van der Waals surface area contributed by atoms with Crippen LogP contribution < -0.4 is 10.1 Å². The Bertz CT molecular complexity index is 787. The Hall–Kier alpha value is -2.07. The van der Waals surface area contributed by atoms with Crippen molar-refractivity contribution < 1.29 is 13.2 Å². The molecule has 2 atom stereocenters.